The van der Waals surface area contributed by atoms with Crippen molar-refractivity contribution in [3.63, 3.8) is 0 Å². The highest BCUT2D eigenvalue weighted by atomic mass is 32.1. The summed E-state index contributed by atoms with van der Waals surface area (Å²) < 4.78 is 8.07. The van der Waals surface area contributed by atoms with E-state index in [1.165, 1.54) is 17.7 Å². The number of rotatable bonds is 7. The Kier molecular flexibility index (Phi) is 6.71. The maximum Gasteiger partial charge on any atom is 0.269 e. The van der Waals surface area contributed by atoms with Gasteiger partial charge in [0.15, 0.2) is 5.11 Å². The van der Waals surface area contributed by atoms with Gasteiger partial charge in [0.25, 0.3) is 5.69 Å². The average Bonchev–Trinajstić information content (AvgIpc) is 3.59. The highest BCUT2D eigenvalue weighted by molar-refractivity contribution is 7.80. The van der Waals surface area contributed by atoms with Crippen LogP contribution in [0.15, 0.2) is 116 Å². The van der Waals surface area contributed by atoms with E-state index in [1.54, 1.807) is 18.3 Å². The van der Waals surface area contributed by atoms with E-state index in [9.17, 15) is 10.1 Å². The lowest BCUT2D eigenvalue weighted by Crippen LogP contribution is -2.30. The molecule has 2 aromatic heterocycles. The Balaban J connectivity index is 1.38. The van der Waals surface area contributed by atoms with Gasteiger partial charge >= 0.3 is 0 Å². The fraction of sp³-hybridized carbons (Fsp3) is 0.0968. The number of nitro benzene ring substituents is 1. The fourth-order valence-electron chi connectivity index (χ4n) is 4.96. The van der Waals surface area contributed by atoms with Crippen molar-refractivity contribution in [3.05, 3.63) is 143 Å². The summed E-state index contributed by atoms with van der Waals surface area (Å²) in [6, 6.07) is 31.6. The normalized spacial score (nSPS) is 16.5. The van der Waals surface area contributed by atoms with E-state index < -0.39 is 4.92 Å². The van der Waals surface area contributed by atoms with Crippen LogP contribution in [0.4, 0.5) is 11.4 Å². The van der Waals surface area contributed by atoms with Crippen molar-refractivity contribution in [3.8, 4) is 17.2 Å². The molecular formula is C31H25N5O3S. The molecule has 0 aliphatic carbocycles. The average molecular weight is 548 g/mol. The predicted molar refractivity (Wildman–Crippen MR) is 158 cm³/mol. The van der Waals surface area contributed by atoms with Crippen molar-refractivity contribution in [2.45, 2.75) is 19.0 Å². The second-order valence-corrected chi connectivity index (χ2v) is 9.87. The molecule has 0 bridgehead atoms. The third-order valence-electron chi connectivity index (χ3n) is 6.89. The maximum atomic E-state index is 11.2. The zero-order valence-corrected chi connectivity index (χ0v) is 22.4. The third kappa shape index (κ3) is 4.90. The number of hydrogen-bond acceptors (Lipinski definition) is 5. The van der Waals surface area contributed by atoms with Crippen LogP contribution in [0.2, 0.25) is 0 Å². The van der Waals surface area contributed by atoms with Crippen LogP contribution >= 0.6 is 12.2 Å². The minimum Gasteiger partial charge on any atom is -0.457 e. The summed E-state index contributed by atoms with van der Waals surface area (Å²) in [5.74, 6) is 1.49. The molecule has 9 heteroatoms. The highest BCUT2D eigenvalue weighted by Gasteiger charge is 2.42. The lowest BCUT2D eigenvalue weighted by atomic mass is 10.0. The SMILES string of the molecule is Cc1ccc(Oc2ccc(N3C(=S)N[C@@H](c4ccccn4)[C@@H]3c3cccn3-c3ccc([N+](=O)[O-])cc3)cc2)cc1. The van der Waals surface area contributed by atoms with Crippen molar-refractivity contribution in [2.24, 2.45) is 0 Å². The molecule has 2 atom stereocenters. The number of benzene rings is 3. The molecule has 5 aromatic rings. The molecular weight excluding hydrogens is 522 g/mol. The largest absolute Gasteiger partial charge is 0.457 e. The molecule has 0 unspecified atom stereocenters. The number of anilines is 1. The molecule has 1 fully saturated rings. The first-order chi connectivity index (χ1) is 19.5. The van der Waals surface area contributed by atoms with Crippen molar-refractivity contribution in [2.75, 3.05) is 4.90 Å². The summed E-state index contributed by atoms with van der Waals surface area (Å²) in [4.78, 5) is 17.5. The summed E-state index contributed by atoms with van der Waals surface area (Å²) in [5.41, 5.74) is 4.73. The number of nitrogens with zero attached hydrogens (tertiary/aromatic N) is 4. The van der Waals surface area contributed by atoms with Crippen molar-refractivity contribution in [1.82, 2.24) is 14.9 Å². The smallest absolute Gasteiger partial charge is 0.269 e. The fourth-order valence-corrected chi connectivity index (χ4v) is 5.30. The van der Waals surface area contributed by atoms with Crippen LogP contribution < -0.4 is 15.0 Å². The number of aromatic nitrogens is 2. The highest BCUT2D eigenvalue weighted by Crippen LogP contribution is 2.42. The number of nitrogens with one attached hydrogen (secondary N) is 1. The molecule has 1 N–H and O–H groups in total. The van der Waals surface area contributed by atoms with Crippen LogP contribution in [-0.2, 0) is 0 Å². The third-order valence-corrected chi connectivity index (χ3v) is 7.21. The quantitative estimate of drug-likeness (QED) is 0.133. The van der Waals surface area contributed by atoms with Gasteiger partial charge in [0.05, 0.1) is 16.7 Å². The van der Waals surface area contributed by atoms with Gasteiger partial charge in [-0.05, 0) is 91.9 Å². The summed E-state index contributed by atoms with van der Waals surface area (Å²) >= 11 is 5.88. The predicted octanol–water partition coefficient (Wildman–Crippen LogP) is 7.06. The zero-order valence-electron chi connectivity index (χ0n) is 21.5. The van der Waals surface area contributed by atoms with E-state index in [4.69, 9.17) is 17.0 Å². The van der Waals surface area contributed by atoms with Crippen molar-refractivity contribution < 1.29 is 9.66 Å². The van der Waals surface area contributed by atoms with Crippen LogP contribution in [-0.4, -0.2) is 19.6 Å². The van der Waals surface area contributed by atoms with Crippen LogP contribution in [0.3, 0.4) is 0 Å². The standard InChI is InChI=1S/C31H25N5O3S/c1-21-7-15-25(16-8-21)39-26-17-13-23(14-18-26)35-30(29(33-31(35)40)27-5-2-3-19-32-27)28-6-4-20-34(28)22-9-11-24(12-10-22)36(37)38/h2-20,29-30H,1H3,(H,33,40)/t29-,30-/m0/s1. The summed E-state index contributed by atoms with van der Waals surface area (Å²) in [5, 5.41) is 15.3. The van der Waals surface area contributed by atoms with E-state index >= 15 is 0 Å². The lowest BCUT2D eigenvalue weighted by Gasteiger charge is -2.29. The summed E-state index contributed by atoms with van der Waals surface area (Å²) in [7, 11) is 0. The molecule has 1 aliphatic rings. The number of non-ortho nitro benzene ring substituents is 1. The zero-order chi connectivity index (χ0) is 27.6. The topological polar surface area (TPSA) is 85.5 Å². The molecule has 0 saturated carbocycles. The molecule has 1 aliphatic heterocycles. The molecule has 3 heterocycles. The Morgan fingerprint density at radius 1 is 0.875 bits per heavy atom. The molecule has 6 rings (SSSR count). The molecule has 1 saturated heterocycles. The van der Waals surface area contributed by atoms with Gasteiger partial charge in [-0.2, -0.15) is 0 Å². The van der Waals surface area contributed by atoms with Gasteiger partial charge in [-0.1, -0.05) is 23.8 Å². The monoisotopic (exact) mass is 547 g/mol. The van der Waals surface area contributed by atoms with Gasteiger partial charge in [0.1, 0.15) is 17.5 Å². The van der Waals surface area contributed by atoms with Crippen LogP contribution in [0.5, 0.6) is 11.5 Å². The first-order valence-electron chi connectivity index (χ1n) is 12.8. The number of hydrogen-bond donors (Lipinski definition) is 1. The van der Waals surface area contributed by atoms with Crippen molar-refractivity contribution >= 4 is 28.7 Å². The molecule has 0 amide bonds. The Bertz CT molecular complexity index is 1650. The first-order valence-corrected chi connectivity index (χ1v) is 13.2. The Hall–Kier alpha value is -5.02. The molecule has 0 spiro atoms. The van der Waals surface area contributed by atoms with Gasteiger partial charge < -0.3 is 19.5 Å². The molecule has 40 heavy (non-hydrogen) atoms. The minimum atomic E-state index is -0.398. The molecule has 0 radical (unpaired) electrons. The molecule has 198 valence electrons. The van der Waals surface area contributed by atoms with E-state index in [0.29, 0.717) is 5.11 Å². The van der Waals surface area contributed by atoms with Crippen LogP contribution in [0, 0.1) is 17.0 Å². The number of nitro groups is 1. The molecule has 8 nitrogen and oxygen atoms in total. The lowest BCUT2D eigenvalue weighted by molar-refractivity contribution is -0.384. The minimum absolute atomic E-state index is 0.0436. The maximum absolute atomic E-state index is 11.2. The van der Waals surface area contributed by atoms with E-state index in [-0.39, 0.29) is 17.8 Å². The number of aryl methyl sites for hydroxylation is 1. The Morgan fingerprint density at radius 3 is 2.20 bits per heavy atom. The van der Waals surface area contributed by atoms with Gasteiger partial charge in [0, 0.05) is 41.6 Å². The first kappa shape index (κ1) is 25.3. The Labute approximate surface area is 236 Å². The number of ether oxygens (including phenoxy) is 1. The van der Waals surface area contributed by atoms with Gasteiger partial charge in [-0.3, -0.25) is 15.1 Å². The van der Waals surface area contributed by atoms with Crippen LogP contribution in [0.25, 0.3) is 5.69 Å². The van der Waals surface area contributed by atoms with E-state index in [0.717, 1.165) is 34.3 Å². The summed E-state index contributed by atoms with van der Waals surface area (Å²) in [6.07, 6.45) is 3.72. The van der Waals surface area contributed by atoms with Crippen LogP contribution in [0.1, 0.15) is 29.0 Å². The van der Waals surface area contributed by atoms with Gasteiger partial charge in [0.2, 0.25) is 0 Å². The number of thiocarbonyl (C=S) groups is 1. The second-order valence-electron chi connectivity index (χ2n) is 9.48. The van der Waals surface area contributed by atoms with Crippen molar-refractivity contribution in [1.29, 1.82) is 0 Å². The van der Waals surface area contributed by atoms with Gasteiger partial charge in [-0.15, -0.1) is 0 Å². The molecule has 3 aromatic carbocycles. The van der Waals surface area contributed by atoms with Gasteiger partial charge in [-0.25, -0.2) is 0 Å². The van der Waals surface area contributed by atoms with E-state index in [2.05, 4.69) is 15.2 Å². The van der Waals surface area contributed by atoms with E-state index in [1.807, 2.05) is 96.6 Å². The Morgan fingerprint density at radius 2 is 1.55 bits per heavy atom. The second kappa shape index (κ2) is 10.6. The summed E-state index contributed by atoms with van der Waals surface area (Å²) in [6.45, 7) is 2.04. The number of pyridine rings is 1.